The van der Waals surface area contributed by atoms with Gasteiger partial charge in [-0.3, -0.25) is 0 Å². The van der Waals surface area contributed by atoms with Crippen LogP contribution in [0.15, 0.2) is 18.6 Å². The Kier molecular flexibility index (Phi) is 3.46. The number of carbonyl (C=O) groups is 1. The summed E-state index contributed by atoms with van der Waals surface area (Å²) in [5.74, 6) is -0.369. The first kappa shape index (κ1) is 15.6. The molecule has 25 heavy (non-hydrogen) atoms. The van der Waals surface area contributed by atoms with Crippen molar-refractivity contribution in [2.75, 3.05) is 7.11 Å². The predicted molar refractivity (Wildman–Crippen MR) is 84.7 cm³/mol. The van der Waals surface area contributed by atoms with Crippen LogP contribution in [0, 0.1) is 6.92 Å². The van der Waals surface area contributed by atoms with Gasteiger partial charge in [-0.2, -0.15) is 13.9 Å². The van der Waals surface area contributed by atoms with Crippen LogP contribution in [0.1, 0.15) is 21.8 Å². The molecule has 0 aromatic carbocycles. The van der Waals surface area contributed by atoms with E-state index in [0.717, 1.165) is 0 Å². The van der Waals surface area contributed by atoms with Crippen LogP contribution in [0.3, 0.4) is 0 Å². The van der Waals surface area contributed by atoms with E-state index in [1.807, 2.05) is 0 Å². The second-order valence-corrected chi connectivity index (χ2v) is 6.11. The van der Waals surface area contributed by atoms with Gasteiger partial charge >= 0.3 is 12.5 Å². The molecule has 0 aliphatic rings. The Morgan fingerprint density at radius 2 is 2.20 bits per heavy atom. The van der Waals surface area contributed by atoms with Crippen molar-refractivity contribution < 1.29 is 18.3 Å². The molecule has 0 bridgehead atoms. The number of esters is 1. The molecule has 11 heteroatoms. The van der Waals surface area contributed by atoms with E-state index in [1.54, 1.807) is 6.92 Å². The maximum atomic E-state index is 13.0. The fraction of sp³-hybridized carbons (Fsp3) is 0.214. The van der Waals surface area contributed by atoms with Crippen LogP contribution in [-0.4, -0.2) is 42.4 Å². The number of rotatable bonds is 3. The predicted octanol–water partition coefficient (Wildman–Crippen LogP) is 2.69. The van der Waals surface area contributed by atoms with Crippen molar-refractivity contribution in [3.63, 3.8) is 0 Å². The zero-order valence-corrected chi connectivity index (χ0v) is 13.8. The Hall–Kier alpha value is -2.95. The summed E-state index contributed by atoms with van der Waals surface area (Å²) in [5.41, 5.74) is 1.17. The van der Waals surface area contributed by atoms with E-state index in [9.17, 15) is 13.6 Å². The molecule has 0 atom stereocenters. The van der Waals surface area contributed by atoms with E-state index < -0.39 is 12.5 Å². The number of hydrogen-bond acceptors (Lipinski definition) is 7. The highest BCUT2D eigenvalue weighted by Crippen LogP contribution is 2.33. The standard InChI is InChI=1S/C14H10F2N6O2S/c1-6-8-11-19-10(7-3-4-18-22(7)14(15)16)20-21(11)5-17-12(8)25-9(6)13(23)24-2/h3-5,14H,1-2H3. The Morgan fingerprint density at radius 3 is 2.92 bits per heavy atom. The van der Waals surface area contributed by atoms with Crippen LogP contribution in [0.5, 0.6) is 0 Å². The van der Waals surface area contributed by atoms with E-state index in [2.05, 4.69) is 20.2 Å². The Balaban J connectivity index is 1.97. The molecule has 0 fully saturated rings. The third-order valence-corrected chi connectivity index (χ3v) is 4.90. The second-order valence-electron chi connectivity index (χ2n) is 5.11. The van der Waals surface area contributed by atoms with Gasteiger partial charge in [0.1, 0.15) is 21.7 Å². The molecule has 4 aromatic heterocycles. The molecule has 4 aromatic rings. The van der Waals surface area contributed by atoms with Crippen molar-refractivity contribution in [1.82, 2.24) is 29.4 Å². The molecule has 0 saturated carbocycles. The zero-order chi connectivity index (χ0) is 17.7. The number of nitrogens with zero attached hydrogens (tertiary/aromatic N) is 6. The van der Waals surface area contributed by atoms with E-state index >= 15 is 0 Å². The van der Waals surface area contributed by atoms with Gasteiger partial charge in [0.2, 0.25) is 5.82 Å². The van der Waals surface area contributed by atoms with E-state index in [0.29, 0.717) is 31.0 Å². The molecular formula is C14H10F2N6O2S. The Morgan fingerprint density at radius 1 is 1.40 bits per heavy atom. The fourth-order valence-corrected chi connectivity index (χ4v) is 3.64. The number of aromatic nitrogens is 6. The first-order chi connectivity index (χ1) is 12.0. The maximum Gasteiger partial charge on any atom is 0.348 e. The third kappa shape index (κ3) is 2.27. The molecule has 128 valence electrons. The summed E-state index contributed by atoms with van der Waals surface area (Å²) in [7, 11) is 1.30. The normalized spacial score (nSPS) is 11.7. The van der Waals surface area contributed by atoms with E-state index in [4.69, 9.17) is 4.74 Å². The van der Waals surface area contributed by atoms with Crippen LogP contribution in [-0.2, 0) is 4.74 Å². The molecule has 8 nitrogen and oxygen atoms in total. The maximum absolute atomic E-state index is 13.0. The van der Waals surface area contributed by atoms with Crippen LogP contribution in [0.2, 0.25) is 0 Å². The van der Waals surface area contributed by atoms with Crippen molar-refractivity contribution in [2.24, 2.45) is 0 Å². The van der Waals surface area contributed by atoms with Crippen LogP contribution < -0.4 is 0 Å². The SMILES string of the molecule is COC(=O)c1sc2ncn3nc(-c4ccnn4C(F)F)nc3c2c1C. The molecule has 0 radical (unpaired) electrons. The fourth-order valence-electron chi connectivity index (χ4n) is 2.58. The molecule has 0 saturated heterocycles. The van der Waals surface area contributed by atoms with Crippen molar-refractivity contribution in [1.29, 1.82) is 0 Å². The summed E-state index contributed by atoms with van der Waals surface area (Å²) in [6.45, 7) is -1.05. The Bertz CT molecular complexity index is 1120. The molecular weight excluding hydrogens is 354 g/mol. The number of ether oxygens (including phenoxy) is 1. The number of alkyl halides is 2. The molecule has 0 amide bonds. The van der Waals surface area contributed by atoms with Crippen molar-refractivity contribution >= 4 is 33.2 Å². The zero-order valence-electron chi connectivity index (χ0n) is 13.0. The minimum absolute atomic E-state index is 0.0907. The largest absolute Gasteiger partial charge is 0.465 e. The lowest BCUT2D eigenvalue weighted by Gasteiger charge is -2.01. The van der Waals surface area contributed by atoms with E-state index in [-0.39, 0.29) is 11.5 Å². The first-order valence-corrected chi connectivity index (χ1v) is 7.87. The average Bonchev–Trinajstić information content (AvgIpc) is 3.29. The summed E-state index contributed by atoms with van der Waals surface area (Å²) in [4.78, 5) is 21.5. The van der Waals surface area contributed by atoms with Gasteiger partial charge in [-0.05, 0) is 18.6 Å². The van der Waals surface area contributed by atoms with Crippen molar-refractivity contribution in [3.8, 4) is 11.5 Å². The summed E-state index contributed by atoms with van der Waals surface area (Å²) in [5, 5.41) is 8.42. The highest BCUT2D eigenvalue weighted by molar-refractivity contribution is 7.20. The monoisotopic (exact) mass is 364 g/mol. The average molecular weight is 364 g/mol. The van der Waals surface area contributed by atoms with Gasteiger partial charge in [0, 0.05) is 6.20 Å². The van der Waals surface area contributed by atoms with Crippen molar-refractivity contribution in [2.45, 2.75) is 13.5 Å². The summed E-state index contributed by atoms with van der Waals surface area (Å²) < 4.78 is 32.8. The Labute approximate surface area is 142 Å². The van der Waals surface area contributed by atoms with Gasteiger partial charge in [0.15, 0.2) is 5.65 Å². The number of fused-ring (bicyclic) bond motifs is 3. The van der Waals surface area contributed by atoms with Gasteiger partial charge in [-0.1, -0.05) is 0 Å². The number of aryl methyl sites for hydroxylation is 1. The molecule has 0 unspecified atom stereocenters. The van der Waals surface area contributed by atoms with Gasteiger partial charge in [0.25, 0.3) is 0 Å². The molecule has 0 aliphatic carbocycles. The quantitative estimate of drug-likeness (QED) is 0.520. The number of halogens is 2. The van der Waals surface area contributed by atoms with Gasteiger partial charge in [0.05, 0.1) is 12.5 Å². The molecule has 4 heterocycles. The van der Waals surface area contributed by atoms with Crippen LogP contribution >= 0.6 is 11.3 Å². The summed E-state index contributed by atoms with van der Waals surface area (Å²) >= 11 is 1.18. The third-order valence-electron chi connectivity index (χ3n) is 3.72. The van der Waals surface area contributed by atoms with E-state index in [1.165, 1.54) is 41.6 Å². The topological polar surface area (TPSA) is 87.2 Å². The molecule has 0 aliphatic heterocycles. The highest BCUT2D eigenvalue weighted by atomic mass is 32.1. The highest BCUT2D eigenvalue weighted by Gasteiger charge is 2.22. The lowest BCUT2D eigenvalue weighted by molar-refractivity contribution is 0.0582. The molecule has 4 rings (SSSR count). The van der Waals surface area contributed by atoms with Gasteiger partial charge in [-0.25, -0.2) is 24.0 Å². The second kappa shape index (κ2) is 5.55. The molecule has 0 N–H and O–H groups in total. The van der Waals surface area contributed by atoms with Gasteiger partial charge in [-0.15, -0.1) is 16.4 Å². The molecule has 0 spiro atoms. The van der Waals surface area contributed by atoms with Crippen LogP contribution in [0.4, 0.5) is 8.78 Å². The number of methoxy groups -OCH3 is 1. The number of thiophene rings is 1. The lowest BCUT2D eigenvalue weighted by Crippen LogP contribution is -2.03. The summed E-state index contributed by atoms with van der Waals surface area (Å²) in [6, 6.07) is 1.41. The number of hydrogen-bond donors (Lipinski definition) is 0. The van der Waals surface area contributed by atoms with Crippen molar-refractivity contribution in [3.05, 3.63) is 29.0 Å². The minimum Gasteiger partial charge on any atom is -0.465 e. The summed E-state index contributed by atoms with van der Waals surface area (Å²) in [6.07, 6.45) is 2.68. The smallest absolute Gasteiger partial charge is 0.348 e. The number of carbonyl (C=O) groups excluding carboxylic acids is 1. The van der Waals surface area contributed by atoms with Crippen LogP contribution in [0.25, 0.3) is 27.4 Å². The van der Waals surface area contributed by atoms with Gasteiger partial charge < -0.3 is 4.74 Å². The first-order valence-electron chi connectivity index (χ1n) is 7.06. The lowest BCUT2D eigenvalue weighted by atomic mass is 10.2. The minimum atomic E-state index is -2.80.